The Bertz CT molecular complexity index is 966. The van der Waals surface area contributed by atoms with Crippen molar-refractivity contribution in [3.05, 3.63) is 40.4 Å². The van der Waals surface area contributed by atoms with Crippen LogP contribution in [0, 0.1) is 6.92 Å². The van der Waals surface area contributed by atoms with E-state index in [1.54, 1.807) is 13.4 Å². The van der Waals surface area contributed by atoms with Crippen molar-refractivity contribution in [1.29, 1.82) is 0 Å². The van der Waals surface area contributed by atoms with Crippen LogP contribution in [0.25, 0.3) is 11.2 Å². The van der Waals surface area contributed by atoms with E-state index in [0.717, 1.165) is 52.7 Å². The molecule has 0 aliphatic carbocycles. The van der Waals surface area contributed by atoms with Crippen LogP contribution < -0.4 is 10.1 Å². The maximum Gasteiger partial charge on any atom is 0.182 e. The third-order valence-corrected chi connectivity index (χ3v) is 5.58. The summed E-state index contributed by atoms with van der Waals surface area (Å²) in [6.45, 7) is 4.85. The Morgan fingerprint density at radius 2 is 2.15 bits per heavy atom. The van der Waals surface area contributed by atoms with E-state index in [-0.39, 0.29) is 0 Å². The van der Waals surface area contributed by atoms with Gasteiger partial charge in [-0.15, -0.1) is 0 Å². The fourth-order valence-corrected chi connectivity index (χ4v) is 4.05. The third kappa shape index (κ3) is 3.33. The van der Waals surface area contributed by atoms with E-state index in [0.29, 0.717) is 18.1 Å². The van der Waals surface area contributed by atoms with Crippen LogP contribution in [-0.2, 0) is 6.42 Å². The zero-order chi connectivity index (χ0) is 19.0. The molecule has 1 fully saturated rings. The highest BCUT2D eigenvalue weighted by atomic mass is 35.5. The molecule has 7 nitrogen and oxygen atoms in total. The lowest BCUT2D eigenvalue weighted by molar-refractivity contribution is 0.186. The molecule has 0 atom stereocenters. The van der Waals surface area contributed by atoms with Crippen LogP contribution >= 0.6 is 11.6 Å². The molecule has 1 aliphatic heterocycles. The van der Waals surface area contributed by atoms with E-state index < -0.39 is 0 Å². The number of nitrogens with zero attached hydrogens (tertiary/aromatic N) is 4. The van der Waals surface area contributed by atoms with Crippen LogP contribution in [0.5, 0.6) is 5.75 Å². The topological polar surface area (TPSA) is 79.0 Å². The number of hydrogen-bond donors (Lipinski definition) is 2. The highest BCUT2D eigenvalue weighted by molar-refractivity contribution is 6.31. The van der Waals surface area contributed by atoms with Crippen molar-refractivity contribution >= 4 is 28.6 Å². The highest BCUT2D eigenvalue weighted by Gasteiger charge is 2.30. The molecule has 2 aromatic heterocycles. The van der Waals surface area contributed by atoms with E-state index in [4.69, 9.17) is 16.3 Å². The lowest BCUT2D eigenvalue weighted by atomic mass is 9.86. The average Bonchev–Trinajstić information content (AvgIpc) is 3.11. The van der Waals surface area contributed by atoms with Gasteiger partial charge in [0.25, 0.3) is 0 Å². The molecule has 2 N–H and O–H groups in total. The van der Waals surface area contributed by atoms with Gasteiger partial charge in [-0.2, -0.15) is 0 Å². The molecule has 1 saturated heterocycles. The molecular weight excluding hydrogens is 364 g/mol. The zero-order valence-electron chi connectivity index (χ0n) is 15.7. The number of imidazole rings is 1. The summed E-state index contributed by atoms with van der Waals surface area (Å²) in [7, 11) is 3.87. The third-order valence-electron chi connectivity index (χ3n) is 5.19. The predicted molar refractivity (Wildman–Crippen MR) is 107 cm³/mol. The van der Waals surface area contributed by atoms with E-state index in [9.17, 15) is 0 Å². The number of H-pyrrole nitrogens is 1. The molecule has 3 aromatic rings. The molecule has 4 rings (SSSR count). The van der Waals surface area contributed by atoms with Gasteiger partial charge in [0.2, 0.25) is 0 Å². The number of methoxy groups -OCH3 is 1. The van der Waals surface area contributed by atoms with Gasteiger partial charge in [0.1, 0.15) is 17.6 Å². The van der Waals surface area contributed by atoms with Gasteiger partial charge in [-0.25, -0.2) is 15.0 Å². The molecule has 142 valence electrons. The second-order valence-corrected chi connectivity index (χ2v) is 7.41. The molecule has 0 bridgehead atoms. The minimum atomic E-state index is 0.474. The number of halogens is 1. The first kappa shape index (κ1) is 18.0. The number of aromatic amines is 1. The van der Waals surface area contributed by atoms with Crippen LogP contribution in [0.15, 0.2) is 18.7 Å². The zero-order valence-corrected chi connectivity index (χ0v) is 16.5. The Morgan fingerprint density at radius 3 is 2.89 bits per heavy atom. The Morgan fingerprint density at radius 1 is 1.33 bits per heavy atom. The Hall–Kier alpha value is -2.38. The molecular formula is C19H23ClN6O. The predicted octanol–water partition coefficient (Wildman–Crippen LogP) is 3.01. The van der Waals surface area contributed by atoms with E-state index in [1.807, 2.05) is 6.07 Å². The number of hydrogen-bond acceptors (Lipinski definition) is 6. The molecule has 3 heterocycles. The molecule has 0 amide bonds. The van der Waals surface area contributed by atoms with Gasteiger partial charge in [0.15, 0.2) is 11.5 Å². The Kier molecular flexibility index (Phi) is 4.88. The van der Waals surface area contributed by atoms with Gasteiger partial charge >= 0.3 is 0 Å². The van der Waals surface area contributed by atoms with Crippen molar-refractivity contribution < 1.29 is 4.74 Å². The van der Waals surface area contributed by atoms with Gasteiger partial charge in [0, 0.05) is 36.1 Å². The van der Waals surface area contributed by atoms with Crippen molar-refractivity contribution in [3.63, 3.8) is 0 Å². The minimum Gasteiger partial charge on any atom is -0.496 e. The van der Waals surface area contributed by atoms with Crippen LogP contribution in [0.1, 0.15) is 22.6 Å². The van der Waals surface area contributed by atoms with Crippen molar-refractivity contribution in [2.75, 3.05) is 39.1 Å². The first-order valence-electron chi connectivity index (χ1n) is 9.00. The summed E-state index contributed by atoms with van der Waals surface area (Å²) in [5.74, 6) is 2.18. The maximum atomic E-state index is 6.55. The number of likely N-dealkylation sites (N-methyl/N-ethyl adjacent to an activating group) is 1. The second-order valence-electron chi connectivity index (χ2n) is 7.01. The van der Waals surface area contributed by atoms with Gasteiger partial charge in [-0.05, 0) is 37.6 Å². The average molecular weight is 387 g/mol. The monoisotopic (exact) mass is 386 g/mol. The van der Waals surface area contributed by atoms with Gasteiger partial charge < -0.3 is 19.9 Å². The number of benzene rings is 1. The van der Waals surface area contributed by atoms with Crippen LogP contribution in [0.2, 0.25) is 5.02 Å². The molecule has 1 aliphatic rings. The van der Waals surface area contributed by atoms with Gasteiger partial charge in [0.05, 0.1) is 13.4 Å². The van der Waals surface area contributed by atoms with Crippen molar-refractivity contribution in [1.82, 2.24) is 24.8 Å². The summed E-state index contributed by atoms with van der Waals surface area (Å²) in [6, 6.07) is 2.02. The fourth-order valence-electron chi connectivity index (χ4n) is 3.81. The van der Waals surface area contributed by atoms with E-state index in [1.165, 1.54) is 11.9 Å². The van der Waals surface area contributed by atoms with Gasteiger partial charge in [-0.3, -0.25) is 0 Å². The summed E-state index contributed by atoms with van der Waals surface area (Å²) < 4.78 is 5.82. The number of likely N-dealkylation sites (tertiary alicyclic amines) is 1. The number of nitrogens with one attached hydrogen (secondary N) is 2. The quantitative estimate of drug-likeness (QED) is 0.678. The molecule has 0 unspecified atom stereocenters. The van der Waals surface area contributed by atoms with Crippen LogP contribution in [-0.4, -0.2) is 58.6 Å². The Labute approximate surface area is 163 Å². The second kappa shape index (κ2) is 7.32. The normalized spacial score (nSPS) is 15.1. The largest absolute Gasteiger partial charge is 0.496 e. The summed E-state index contributed by atoms with van der Waals surface area (Å²) in [6.07, 6.45) is 3.91. The lowest BCUT2D eigenvalue weighted by Gasteiger charge is -2.38. The highest BCUT2D eigenvalue weighted by Crippen LogP contribution is 2.40. The first-order valence-corrected chi connectivity index (χ1v) is 9.38. The smallest absolute Gasteiger partial charge is 0.182 e. The molecule has 8 heteroatoms. The maximum absolute atomic E-state index is 6.55. The number of aromatic nitrogens is 4. The standard InChI is InChI=1S/C19H23ClN6O/c1-11-14(20)6-12(17(27-3)15(11)13-7-26(2)8-13)4-5-21-18-16-19(23-9-22-16)25-10-24-18/h6,9-10,13H,4-5,7-8H2,1-3H3,(H2,21,22,23,24,25). The lowest BCUT2D eigenvalue weighted by Crippen LogP contribution is -2.42. The molecule has 27 heavy (non-hydrogen) atoms. The molecule has 0 saturated carbocycles. The number of rotatable bonds is 6. The van der Waals surface area contributed by atoms with Crippen molar-refractivity contribution in [2.24, 2.45) is 0 Å². The molecule has 0 radical (unpaired) electrons. The van der Waals surface area contributed by atoms with Crippen LogP contribution in [0.3, 0.4) is 0 Å². The Balaban J connectivity index is 1.55. The summed E-state index contributed by atoms with van der Waals surface area (Å²) in [4.78, 5) is 18.0. The minimum absolute atomic E-state index is 0.474. The summed E-state index contributed by atoms with van der Waals surface area (Å²) >= 11 is 6.55. The summed E-state index contributed by atoms with van der Waals surface area (Å²) in [5, 5.41) is 4.16. The SMILES string of the molecule is COc1c(CCNc2ncnc3nc[nH]c23)cc(Cl)c(C)c1C1CN(C)C1. The fraction of sp³-hybridized carbons (Fsp3) is 0.421. The molecule has 1 aromatic carbocycles. The number of fused-ring (bicyclic) bond motifs is 1. The first-order chi connectivity index (χ1) is 13.1. The molecule has 0 spiro atoms. The van der Waals surface area contributed by atoms with E-state index in [2.05, 4.69) is 44.1 Å². The summed E-state index contributed by atoms with van der Waals surface area (Å²) in [5.41, 5.74) is 4.94. The van der Waals surface area contributed by atoms with Crippen LogP contribution in [0.4, 0.5) is 5.82 Å². The van der Waals surface area contributed by atoms with E-state index >= 15 is 0 Å². The van der Waals surface area contributed by atoms with Crippen molar-refractivity contribution in [3.8, 4) is 5.75 Å². The number of anilines is 1. The van der Waals surface area contributed by atoms with Crippen molar-refractivity contribution in [2.45, 2.75) is 19.3 Å². The van der Waals surface area contributed by atoms with Gasteiger partial charge in [-0.1, -0.05) is 11.6 Å². The number of ether oxygens (including phenoxy) is 1.